The molecule has 27 heavy (non-hydrogen) atoms. The van der Waals surface area contributed by atoms with Crippen molar-refractivity contribution in [3.8, 4) is 0 Å². The number of benzene rings is 1. The first-order valence-corrected chi connectivity index (χ1v) is 10.7. The molecule has 0 fully saturated rings. The molecule has 1 aromatic carbocycles. The Labute approximate surface area is 198 Å². The second-order valence-corrected chi connectivity index (χ2v) is 9.80. The number of hydrogen-bond donors (Lipinski definition) is 0. The van der Waals surface area contributed by atoms with Crippen molar-refractivity contribution in [1.29, 1.82) is 0 Å². The van der Waals surface area contributed by atoms with Crippen LogP contribution in [0.1, 0.15) is 69.9 Å². The van der Waals surface area contributed by atoms with Gasteiger partial charge in [0.25, 0.3) is 0 Å². The standard InChI is InChI=1S/C23H27.3ClH.Zr/c1-16-15-22(20-12-8-7-10-18(16)20)23(2,3)21-14-13-17-9-5-4-6-11-19(17)21;;;;/h7-8,10,12-13,15,21-22H,4-6,9,11H2,1-3H3;3*1H;/q;;;;+3/p-3. The molecule has 0 heterocycles. The van der Waals surface area contributed by atoms with Crippen LogP contribution in [0.3, 0.4) is 0 Å². The normalized spacial score (nSPS) is 23.7. The van der Waals surface area contributed by atoms with E-state index >= 15 is 0 Å². The van der Waals surface area contributed by atoms with Crippen molar-refractivity contribution in [2.24, 2.45) is 11.3 Å². The van der Waals surface area contributed by atoms with Crippen molar-refractivity contribution in [3.63, 3.8) is 0 Å². The van der Waals surface area contributed by atoms with Gasteiger partial charge < -0.3 is 37.2 Å². The number of fused-ring (bicyclic) bond motifs is 1. The van der Waals surface area contributed by atoms with E-state index in [0.29, 0.717) is 11.8 Å². The Morgan fingerprint density at radius 3 is 2.37 bits per heavy atom. The summed E-state index contributed by atoms with van der Waals surface area (Å²) < 4.78 is 1.69. The maximum Gasteiger partial charge on any atom is -1.00 e. The zero-order valence-corrected chi connectivity index (χ0v) is 21.0. The maximum absolute atomic E-state index is 2.57. The fourth-order valence-electron chi connectivity index (χ4n) is 5.28. The van der Waals surface area contributed by atoms with Crippen LogP contribution in [0, 0.1) is 11.3 Å². The summed E-state index contributed by atoms with van der Waals surface area (Å²) in [7, 11) is 0. The quantitative estimate of drug-likeness (QED) is 0.423. The van der Waals surface area contributed by atoms with Crippen molar-refractivity contribution >= 4 is 5.57 Å². The Balaban J connectivity index is 0.00000121. The summed E-state index contributed by atoms with van der Waals surface area (Å²) >= 11 is 1.61. The molecular formula is C23H27Cl3Zr. The Bertz CT molecular complexity index is 774. The monoisotopic (exact) mass is 498 g/mol. The molecule has 3 aliphatic rings. The summed E-state index contributed by atoms with van der Waals surface area (Å²) in [5.41, 5.74) is 8.23. The van der Waals surface area contributed by atoms with Gasteiger partial charge in [0.1, 0.15) is 0 Å². The molecule has 0 nitrogen and oxygen atoms in total. The van der Waals surface area contributed by atoms with Gasteiger partial charge in [0.05, 0.1) is 0 Å². The van der Waals surface area contributed by atoms with Gasteiger partial charge in [0.15, 0.2) is 0 Å². The second-order valence-electron chi connectivity index (χ2n) is 8.38. The van der Waals surface area contributed by atoms with Crippen LogP contribution >= 0.6 is 0 Å². The Morgan fingerprint density at radius 2 is 1.63 bits per heavy atom. The fourth-order valence-corrected chi connectivity index (χ4v) is 7.05. The van der Waals surface area contributed by atoms with E-state index in [0.717, 1.165) is 0 Å². The third kappa shape index (κ3) is 4.38. The van der Waals surface area contributed by atoms with Crippen molar-refractivity contribution in [3.05, 3.63) is 62.0 Å². The Hall–Kier alpha value is 0.193. The smallest absolute Gasteiger partial charge is 1.00 e. The van der Waals surface area contributed by atoms with E-state index in [4.69, 9.17) is 0 Å². The van der Waals surface area contributed by atoms with Crippen molar-refractivity contribution in [2.45, 2.75) is 58.8 Å². The van der Waals surface area contributed by atoms with E-state index < -0.39 is 0 Å². The predicted octanol–water partition coefficient (Wildman–Crippen LogP) is -2.45. The SMILES string of the molecule is CC1=CC(C(C)(C)C2[C]([Zr+3])=CC3=C2CCCCC3)c2ccccc21.[Cl-].[Cl-].[Cl-]. The number of halogens is 3. The average molecular weight is 501 g/mol. The van der Waals surface area contributed by atoms with Crippen LogP contribution < -0.4 is 37.2 Å². The predicted molar refractivity (Wildman–Crippen MR) is 98.3 cm³/mol. The molecule has 2 unspecified atom stereocenters. The molecule has 4 rings (SSSR count). The molecule has 0 aliphatic heterocycles. The van der Waals surface area contributed by atoms with Crippen LogP contribution in [-0.4, -0.2) is 0 Å². The summed E-state index contributed by atoms with van der Waals surface area (Å²) in [4.78, 5) is 0. The first-order chi connectivity index (χ1) is 11.5. The largest absolute Gasteiger partial charge is 1.00 e. The average Bonchev–Trinajstić information content (AvgIpc) is 2.97. The molecule has 1 aromatic rings. The first kappa shape index (κ1) is 25.2. The van der Waals surface area contributed by atoms with Crippen molar-refractivity contribution < 1.29 is 61.9 Å². The number of hydrogen-bond acceptors (Lipinski definition) is 0. The number of rotatable bonds is 2. The van der Waals surface area contributed by atoms with Gasteiger partial charge in [-0.3, -0.25) is 0 Å². The first-order valence-electron chi connectivity index (χ1n) is 9.43. The van der Waals surface area contributed by atoms with Gasteiger partial charge >= 0.3 is 162 Å². The van der Waals surface area contributed by atoms with E-state index in [1.807, 2.05) is 0 Å². The third-order valence-electron chi connectivity index (χ3n) is 6.48. The van der Waals surface area contributed by atoms with E-state index in [9.17, 15) is 0 Å². The van der Waals surface area contributed by atoms with E-state index in [1.54, 1.807) is 44.7 Å². The minimum atomic E-state index is 0. The van der Waals surface area contributed by atoms with Gasteiger partial charge in [-0.15, -0.1) is 0 Å². The summed E-state index contributed by atoms with van der Waals surface area (Å²) in [6.07, 6.45) is 11.9. The third-order valence-corrected chi connectivity index (χ3v) is 7.54. The zero-order valence-electron chi connectivity index (χ0n) is 16.3. The van der Waals surface area contributed by atoms with Crippen LogP contribution in [0.5, 0.6) is 0 Å². The molecule has 0 saturated heterocycles. The molecule has 0 saturated carbocycles. The maximum atomic E-state index is 2.57. The second kappa shape index (κ2) is 9.80. The van der Waals surface area contributed by atoms with Crippen molar-refractivity contribution in [2.75, 3.05) is 0 Å². The molecule has 0 spiro atoms. The minimum absolute atomic E-state index is 0. The summed E-state index contributed by atoms with van der Waals surface area (Å²) in [6.45, 7) is 7.33. The topological polar surface area (TPSA) is 0 Å². The fraction of sp³-hybridized carbons (Fsp3) is 0.478. The molecule has 0 bridgehead atoms. The van der Waals surface area contributed by atoms with Crippen molar-refractivity contribution in [1.82, 2.24) is 0 Å². The van der Waals surface area contributed by atoms with Gasteiger partial charge in [-0.2, -0.15) is 0 Å². The van der Waals surface area contributed by atoms with Crippen LogP contribution in [0.15, 0.2) is 50.8 Å². The molecule has 0 aromatic heterocycles. The summed E-state index contributed by atoms with van der Waals surface area (Å²) in [6, 6.07) is 9.06. The van der Waals surface area contributed by atoms with E-state index in [1.165, 1.54) is 43.2 Å². The zero-order chi connectivity index (χ0) is 16.9. The van der Waals surface area contributed by atoms with Gasteiger partial charge in [-0.05, 0) is 0 Å². The molecule has 4 heteroatoms. The van der Waals surface area contributed by atoms with Gasteiger partial charge in [0.2, 0.25) is 0 Å². The summed E-state index contributed by atoms with van der Waals surface area (Å²) in [5.74, 6) is 1.20. The Kier molecular flexibility index (Phi) is 9.15. The van der Waals surface area contributed by atoms with Crippen LogP contribution in [-0.2, 0) is 24.7 Å². The van der Waals surface area contributed by atoms with Crippen LogP contribution in [0.4, 0.5) is 0 Å². The molecule has 3 aliphatic carbocycles. The number of allylic oxidation sites excluding steroid dienone is 6. The van der Waals surface area contributed by atoms with Crippen LogP contribution in [0.25, 0.3) is 5.57 Å². The van der Waals surface area contributed by atoms with Gasteiger partial charge in [-0.1, -0.05) is 0 Å². The molecule has 0 amide bonds. The molecule has 2 atom stereocenters. The van der Waals surface area contributed by atoms with Gasteiger partial charge in [0, 0.05) is 0 Å². The van der Waals surface area contributed by atoms with Crippen LogP contribution in [0.2, 0.25) is 0 Å². The molecular weight excluding hydrogens is 474 g/mol. The van der Waals surface area contributed by atoms with Gasteiger partial charge in [-0.25, -0.2) is 0 Å². The summed E-state index contributed by atoms with van der Waals surface area (Å²) in [5, 5.41) is 0. The van der Waals surface area contributed by atoms with E-state index in [-0.39, 0.29) is 42.6 Å². The Morgan fingerprint density at radius 1 is 0.963 bits per heavy atom. The molecule has 0 N–H and O–H groups in total. The van der Waals surface area contributed by atoms with E-state index in [2.05, 4.69) is 57.2 Å². The minimum Gasteiger partial charge on any atom is -1.00 e. The molecule has 144 valence electrons. The molecule has 0 radical (unpaired) electrons.